The van der Waals surface area contributed by atoms with Crippen molar-refractivity contribution in [2.45, 2.75) is 51.2 Å². The van der Waals surface area contributed by atoms with Crippen molar-refractivity contribution in [1.29, 1.82) is 5.26 Å². The lowest BCUT2D eigenvalue weighted by Crippen LogP contribution is -2.27. The SMILES string of the molecule is CC(C)(C)c1ccc(C(NCC2CC2)c2cccc(NC(=O)C(C=C(N)C(F)(F)F)=Nc3cccc(C#N)c3)c2)cc1. The molecule has 1 saturated carbocycles. The van der Waals surface area contributed by atoms with Crippen molar-refractivity contribution in [3.05, 3.63) is 107 Å². The van der Waals surface area contributed by atoms with Crippen LogP contribution in [0, 0.1) is 17.2 Å². The molecular weight excluding hydrogens is 539 g/mol. The molecule has 4 N–H and O–H groups in total. The highest BCUT2D eigenvalue weighted by atomic mass is 19.4. The van der Waals surface area contributed by atoms with Crippen LogP contribution in [0.5, 0.6) is 0 Å². The van der Waals surface area contributed by atoms with Crippen molar-refractivity contribution in [1.82, 2.24) is 5.32 Å². The third-order valence-corrected chi connectivity index (χ3v) is 6.97. The Bertz CT molecular complexity index is 1520. The molecule has 6 nitrogen and oxygen atoms in total. The van der Waals surface area contributed by atoms with Crippen LogP contribution in [0.25, 0.3) is 0 Å². The van der Waals surface area contributed by atoms with E-state index in [4.69, 9.17) is 11.0 Å². The summed E-state index contributed by atoms with van der Waals surface area (Å²) in [6, 6.07) is 23.3. The quantitative estimate of drug-likeness (QED) is 0.239. The molecule has 1 aliphatic carbocycles. The number of benzene rings is 3. The molecule has 1 aliphatic rings. The molecule has 0 spiro atoms. The summed E-state index contributed by atoms with van der Waals surface area (Å²) < 4.78 is 39.8. The Hall–Kier alpha value is -4.42. The summed E-state index contributed by atoms with van der Waals surface area (Å²) in [4.78, 5) is 17.3. The third-order valence-electron chi connectivity index (χ3n) is 6.97. The van der Waals surface area contributed by atoms with Gasteiger partial charge in [-0.15, -0.1) is 0 Å². The highest BCUT2D eigenvalue weighted by molar-refractivity contribution is 6.47. The Morgan fingerprint density at radius 3 is 2.36 bits per heavy atom. The number of anilines is 1. The van der Waals surface area contributed by atoms with E-state index in [2.05, 4.69) is 60.7 Å². The second-order valence-corrected chi connectivity index (χ2v) is 11.5. The maximum absolute atomic E-state index is 13.3. The minimum absolute atomic E-state index is 0.0127. The molecule has 4 rings (SSSR count). The largest absolute Gasteiger partial charge is 0.430 e. The maximum Gasteiger partial charge on any atom is 0.430 e. The molecule has 1 atom stereocenters. The highest BCUT2D eigenvalue weighted by Gasteiger charge is 2.32. The van der Waals surface area contributed by atoms with Crippen LogP contribution in [0.2, 0.25) is 0 Å². The molecule has 1 amide bonds. The van der Waals surface area contributed by atoms with E-state index in [1.807, 2.05) is 12.1 Å². The summed E-state index contributed by atoms with van der Waals surface area (Å²) in [5, 5.41) is 15.5. The molecule has 3 aromatic rings. The molecule has 0 radical (unpaired) electrons. The summed E-state index contributed by atoms with van der Waals surface area (Å²) in [7, 11) is 0. The highest BCUT2D eigenvalue weighted by Crippen LogP contribution is 2.32. The molecule has 1 unspecified atom stereocenters. The van der Waals surface area contributed by atoms with Gasteiger partial charge in [0, 0.05) is 5.69 Å². The Morgan fingerprint density at radius 2 is 1.74 bits per heavy atom. The van der Waals surface area contributed by atoms with Crippen molar-refractivity contribution in [2.75, 3.05) is 11.9 Å². The van der Waals surface area contributed by atoms with Crippen LogP contribution >= 0.6 is 0 Å². The van der Waals surface area contributed by atoms with Gasteiger partial charge >= 0.3 is 6.18 Å². The molecule has 0 saturated heterocycles. The number of halogens is 3. The van der Waals surface area contributed by atoms with Crippen molar-refractivity contribution in [2.24, 2.45) is 16.6 Å². The number of carbonyl (C=O) groups is 1. The van der Waals surface area contributed by atoms with E-state index in [1.165, 1.54) is 42.7 Å². The van der Waals surface area contributed by atoms with Gasteiger partial charge in [-0.3, -0.25) is 4.79 Å². The number of nitrogens with one attached hydrogen (secondary N) is 2. The lowest BCUT2D eigenvalue weighted by atomic mass is 9.85. The van der Waals surface area contributed by atoms with Gasteiger partial charge in [0.15, 0.2) is 0 Å². The van der Waals surface area contributed by atoms with Gasteiger partial charge in [-0.05, 0) is 83.8 Å². The number of aliphatic imine (C=N–C) groups is 1. The predicted molar refractivity (Wildman–Crippen MR) is 159 cm³/mol. The topological polar surface area (TPSA) is 103 Å². The van der Waals surface area contributed by atoms with E-state index in [1.54, 1.807) is 18.2 Å². The molecule has 1 fully saturated rings. The predicted octanol–water partition coefficient (Wildman–Crippen LogP) is 7.06. The molecule has 3 aromatic carbocycles. The number of carbonyl (C=O) groups excluding carboxylic acids is 1. The number of allylic oxidation sites excluding steroid dienone is 1. The Kier molecular flexibility index (Phi) is 9.17. The standard InChI is InChI=1S/C33H34F3N5O/c1-32(2,3)25-14-12-23(13-15-25)30(39-20-21-10-11-21)24-7-5-9-27(17-24)41-31(42)28(18-29(38)33(34,35)36)40-26-8-4-6-22(16-26)19-37/h4-9,12-18,21,30,39H,10-11,20,38H2,1-3H3,(H,41,42). The molecule has 42 heavy (non-hydrogen) atoms. The van der Waals surface area contributed by atoms with Crippen LogP contribution in [-0.4, -0.2) is 24.3 Å². The van der Waals surface area contributed by atoms with E-state index >= 15 is 0 Å². The Labute approximate surface area is 244 Å². The van der Waals surface area contributed by atoms with E-state index < -0.39 is 23.5 Å². The Balaban J connectivity index is 1.64. The molecule has 0 heterocycles. The number of hydrogen-bond acceptors (Lipinski definition) is 5. The third kappa shape index (κ3) is 8.30. The van der Waals surface area contributed by atoms with Crippen molar-refractivity contribution < 1.29 is 18.0 Å². The zero-order valence-electron chi connectivity index (χ0n) is 23.8. The molecule has 218 valence electrons. The zero-order valence-corrected chi connectivity index (χ0v) is 23.8. The number of nitrogens with zero attached hydrogens (tertiary/aromatic N) is 2. The Morgan fingerprint density at radius 1 is 1.05 bits per heavy atom. The first-order valence-electron chi connectivity index (χ1n) is 13.7. The first-order chi connectivity index (χ1) is 19.8. The van der Waals surface area contributed by atoms with Crippen LogP contribution in [0.15, 0.2) is 89.6 Å². The smallest absolute Gasteiger partial charge is 0.395 e. The van der Waals surface area contributed by atoms with Gasteiger partial charge < -0.3 is 16.4 Å². The van der Waals surface area contributed by atoms with Crippen molar-refractivity contribution in [3.8, 4) is 6.07 Å². The first-order valence-corrected chi connectivity index (χ1v) is 13.7. The molecule has 0 aromatic heterocycles. The molecular formula is C33H34F3N5O. The van der Waals surface area contributed by atoms with E-state index in [0.717, 1.165) is 17.7 Å². The average Bonchev–Trinajstić information content (AvgIpc) is 3.77. The fourth-order valence-corrected chi connectivity index (χ4v) is 4.36. The number of rotatable bonds is 9. The summed E-state index contributed by atoms with van der Waals surface area (Å²) in [6.07, 6.45) is -1.98. The fraction of sp³-hybridized carbons (Fsp3) is 0.303. The molecule has 0 bridgehead atoms. The number of nitriles is 1. The normalized spacial score (nSPS) is 15.2. The fourth-order valence-electron chi connectivity index (χ4n) is 4.36. The summed E-state index contributed by atoms with van der Waals surface area (Å²) in [5.41, 5.74) is 7.18. The van der Waals surface area contributed by atoms with Gasteiger partial charge in [-0.2, -0.15) is 18.4 Å². The zero-order chi connectivity index (χ0) is 30.5. The second-order valence-electron chi connectivity index (χ2n) is 11.5. The van der Waals surface area contributed by atoms with Crippen molar-refractivity contribution in [3.63, 3.8) is 0 Å². The number of nitrogens with two attached hydrogens (primary N) is 1. The van der Waals surface area contributed by atoms with Gasteiger partial charge in [0.05, 0.1) is 23.4 Å². The van der Waals surface area contributed by atoms with Crippen molar-refractivity contribution >= 4 is 23.0 Å². The maximum atomic E-state index is 13.3. The van der Waals surface area contributed by atoms with Crippen LogP contribution in [0.3, 0.4) is 0 Å². The lowest BCUT2D eigenvalue weighted by Gasteiger charge is -2.23. The van der Waals surface area contributed by atoms with E-state index in [9.17, 15) is 18.0 Å². The van der Waals surface area contributed by atoms with Crippen LogP contribution in [-0.2, 0) is 10.2 Å². The van der Waals surface area contributed by atoms with Crippen LogP contribution < -0.4 is 16.4 Å². The summed E-state index contributed by atoms with van der Waals surface area (Å²) >= 11 is 0. The number of hydrogen-bond donors (Lipinski definition) is 3. The molecule has 0 aliphatic heterocycles. The van der Waals surface area contributed by atoms with Gasteiger partial charge in [0.25, 0.3) is 5.91 Å². The van der Waals surface area contributed by atoms with Crippen LogP contribution in [0.4, 0.5) is 24.5 Å². The lowest BCUT2D eigenvalue weighted by molar-refractivity contribution is -0.110. The van der Waals surface area contributed by atoms with Crippen LogP contribution in [0.1, 0.15) is 61.9 Å². The van der Waals surface area contributed by atoms with Gasteiger partial charge in [-0.1, -0.05) is 63.2 Å². The van der Waals surface area contributed by atoms with E-state index in [-0.39, 0.29) is 22.7 Å². The molecule has 9 heteroatoms. The summed E-state index contributed by atoms with van der Waals surface area (Å²) in [5.74, 6) is -0.243. The van der Waals surface area contributed by atoms with Gasteiger partial charge in [0.2, 0.25) is 0 Å². The monoisotopic (exact) mass is 573 g/mol. The number of amides is 1. The minimum atomic E-state index is -4.85. The number of alkyl halides is 3. The van der Waals surface area contributed by atoms with Gasteiger partial charge in [0.1, 0.15) is 11.4 Å². The summed E-state index contributed by atoms with van der Waals surface area (Å²) in [6.45, 7) is 7.33. The minimum Gasteiger partial charge on any atom is -0.395 e. The van der Waals surface area contributed by atoms with E-state index in [0.29, 0.717) is 17.7 Å². The second kappa shape index (κ2) is 12.6. The van der Waals surface area contributed by atoms with Gasteiger partial charge in [-0.25, -0.2) is 4.99 Å². The average molecular weight is 574 g/mol. The first kappa shape index (κ1) is 30.5.